The molecule has 1 fully saturated rings. The van der Waals surface area contributed by atoms with Crippen LogP contribution in [0.3, 0.4) is 0 Å². The van der Waals surface area contributed by atoms with Crippen LogP contribution in [0.1, 0.15) is 12.5 Å². The third-order valence-corrected chi connectivity index (χ3v) is 4.67. The van der Waals surface area contributed by atoms with Crippen LogP contribution in [-0.2, 0) is 9.53 Å². The van der Waals surface area contributed by atoms with Crippen LogP contribution in [0.2, 0.25) is 5.02 Å². The normalized spacial score (nSPS) is 15.4. The summed E-state index contributed by atoms with van der Waals surface area (Å²) in [5, 5.41) is 3.41. The van der Waals surface area contributed by atoms with Crippen LogP contribution < -0.4 is 15.0 Å². The van der Waals surface area contributed by atoms with Crippen LogP contribution >= 0.6 is 11.6 Å². The van der Waals surface area contributed by atoms with Crippen molar-refractivity contribution in [3.8, 4) is 5.75 Å². The van der Waals surface area contributed by atoms with Gasteiger partial charge in [-0.15, -0.1) is 0 Å². The smallest absolute Gasteiger partial charge is 0.265 e. The van der Waals surface area contributed by atoms with Crippen LogP contribution in [-0.4, -0.2) is 38.3 Å². The number of carbonyl (C=O) groups is 1. The topological polar surface area (TPSA) is 50.8 Å². The van der Waals surface area contributed by atoms with Crippen molar-refractivity contribution in [1.82, 2.24) is 0 Å². The fourth-order valence-corrected chi connectivity index (χ4v) is 3.01. The molecule has 3 rings (SSSR count). The van der Waals surface area contributed by atoms with E-state index >= 15 is 0 Å². The number of nitrogens with zero attached hydrogens (tertiary/aromatic N) is 1. The average molecular weight is 375 g/mol. The predicted molar refractivity (Wildman–Crippen MR) is 104 cm³/mol. The zero-order valence-corrected chi connectivity index (χ0v) is 15.8. The minimum absolute atomic E-state index is 0.216. The summed E-state index contributed by atoms with van der Waals surface area (Å²) in [6.07, 6.45) is -0.659. The van der Waals surface area contributed by atoms with Gasteiger partial charge in [0.15, 0.2) is 6.10 Å². The van der Waals surface area contributed by atoms with Gasteiger partial charge >= 0.3 is 0 Å². The number of para-hydroxylation sites is 1. The first-order valence-corrected chi connectivity index (χ1v) is 9.08. The minimum atomic E-state index is -0.659. The molecule has 0 bridgehead atoms. The molecular weight excluding hydrogens is 352 g/mol. The Hall–Kier alpha value is -2.24. The summed E-state index contributed by atoms with van der Waals surface area (Å²) in [6, 6.07) is 13.2. The molecule has 5 nitrogen and oxygen atoms in total. The lowest BCUT2D eigenvalue weighted by Crippen LogP contribution is -2.36. The average Bonchev–Trinajstić information content (AvgIpc) is 2.66. The summed E-state index contributed by atoms with van der Waals surface area (Å²) in [4.78, 5) is 14.7. The molecule has 1 heterocycles. The number of halogens is 1. The third-order valence-electron chi connectivity index (χ3n) is 4.35. The first-order valence-electron chi connectivity index (χ1n) is 8.70. The van der Waals surface area contributed by atoms with E-state index in [-0.39, 0.29) is 5.91 Å². The largest absolute Gasteiger partial charge is 0.479 e. The van der Waals surface area contributed by atoms with E-state index in [1.165, 1.54) is 0 Å². The van der Waals surface area contributed by atoms with Crippen molar-refractivity contribution >= 4 is 28.9 Å². The van der Waals surface area contributed by atoms with E-state index in [1.54, 1.807) is 19.1 Å². The number of aryl methyl sites for hydroxylation is 1. The van der Waals surface area contributed by atoms with E-state index in [1.807, 2.05) is 31.2 Å². The molecule has 1 saturated heterocycles. The summed E-state index contributed by atoms with van der Waals surface area (Å²) in [6.45, 7) is 6.94. The highest BCUT2D eigenvalue weighted by Crippen LogP contribution is 2.26. The lowest BCUT2D eigenvalue weighted by molar-refractivity contribution is -0.122. The molecule has 0 aliphatic carbocycles. The zero-order chi connectivity index (χ0) is 18.5. The van der Waals surface area contributed by atoms with Gasteiger partial charge in [-0.25, -0.2) is 0 Å². The third kappa shape index (κ3) is 4.48. The molecule has 6 heteroatoms. The Balaban J connectivity index is 1.64. The number of rotatable bonds is 5. The van der Waals surface area contributed by atoms with Crippen molar-refractivity contribution < 1.29 is 14.3 Å². The Morgan fingerprint density at radius 1 is 1.23 bits per heavy atom. The fourth-order valence-electron chi connectivity index (χ4n) is 2.82. The predicted octanol–water partition coefficient (Wildman–Crippen LogP) is 3.89. The standard InChI is InChI=1S/C20H23ClN2O3/c1-14-13-16(23-9-11-25-12-10-23)7-8-18(14)22-20(24)15(2)26-19-6-4-3-5-17(19)21/h3-8,13,15H,9-12H2,1-2H3,(H,22,24). The molecule has 0 spiro atoms. The van der Waals surface area contributed by atoms with E-state index < -0.39 is 6.10 Å². The van der Waals surface area contributed by atoms with E-state index in [4.69, 9.17) is 21.1 Å². The van der Waals surface area contributed by atoms with Gasteiger partial charge in [0.25, 0.3) is 5.91 Å². The number of hydrogen-bond acceptors (Lipinski definition) is 4. The number of hydrogen-bond donors (Lipinski definition) is 1. The monoisotopic (exact) mass is 374 g/mol. The molecule has 1 N–H and O–H groups in total. The van der Waals surface area contributed by atoms with Gasteiger partial charge in [0.2, 0.25) is 0 Å². The highest BCUT2D eigenvalue weighted by molar-refractivity contribution is 6.32. The zero-order valence-electron chi connectivity index (χ0n) is 15.0. The van der Waals surface area contributed by atoms with Gasteiger partial charge < -0.3 is 19.7 Å². The number of amides is 1. The summed E-state index contributed by atoms with van der Waals surface area (Å²) < 4.78 is 11.1. The van der Waals surface area contributed by atoms with Gasteiger partial charge in [-0.05, 0) is 49.7 Å². The lowest BCUT2D eigenvalue weighted by atomic mass is 10.1. The molecule has 2 aromatic carbocycles. The molecular formula is C20H23ClN2O3. The van der Waals surface area contributed by atoms with Crippen molar-refractivity contribution in [2.75, 3.05) is 36.5 Å². The second-order valence-electron chi connectivity index (χ2n) is 6.28. The minimum Gasteiger partial charge on any atom is -0.479 e. The van der Waals surface area contributed by atoms with Crippen molar-refractivity contribution in [2.24, 2.45) is 0 Å². The SMILES string of the molecule is Cc1cc(N2CCOCC2)ccc1NC(=O)C(C)Oc1ccccc1Cl. The fraction of sp³-hybridized carbons (Fsp3) is 0.350. The summed E-state index contributed by atoms with van der Waals surface area (Å²) in [5.74, 6) is 0.281. The number of benzene rings is 2. The summed E-state index contributed by atoms with van der Waals surface area (Å²) in [5.41, 5.74) is 2.93. The quantitative estimate of drug-likeness (QED) is 0.862. The highest BCUT2D eigenvalue weighted by Gasteiger charge is 2.18. The van der Waals surface area contributed by atoms with Crippen LogP contribution in [0, 0.1) is 6.92 Å². The second kappa shape index (κ2) is 8.43. The van der Waals surface area contributed by atoms with Gasteiger partial charge in [0, 0.05) is 24.5 Å². The Morgan fingerprint density at radius 2 is 1.96 bits per heavy atom. The van der Waals surface area contributed by atoms with Gasteiger partial charge in [-0.1, -0.05) is 23.7 Å². The van der Waals surface area contributed by atoms with Crippen molar-refractivity contribution in [2.45, 2.75) is 20.0 Å². The summed E-state index contributed by atoms with van der Waals surface area (Å²) in [7, 11) is 0. The Bertz CT molecular complexity index is 775. The molecule has 0 aromatic heterocycles. The second-order valence-corrected chi connectivity index (χ2v) is 6.69. The summed E-state index contributed by atoms with van der Waals surface area (Å²) >= 11 is 6.08. The van der Waals surface area contributed by atoms with Crippen molar-refractivity contribution in [1.29, 1.82) is 0 Å². The van der Waals surface area contributed by atoms with Gasteiger partial charge in [0.1, 0.15) is 5.75 Å². The Kier molecular flexibility index (Phi) is 6.01. The molecule has 0 saturated carbocycles. The van der Waals surface area contributed by atoms with E-state index in [2.05, 4.69) is 16.3 Å². The maximum Gasteiger partial charge on any atom is 0.265 e. The molecule has 0 radical (unpaired) electrons. The van der Waals surface area contributed by atoms with Gasteiger partial charge in [-0.3, -0.25) is 4.79 Å². The molecule has 1 unspecified atom stereocenters. The molecule has 26 heavy (non-hydrogen) atoms. The maximum atomic E-state index is 12.5. The molecule has 1 atom stereocenters. The highest BCUT2D eigenvalue weighted by atomic mass is 35.5. The Labute approximate surface area is 158 Å². The van der Waals surface area contributed by atoms with Crippen molar-refractivity contribution in [3.63, 3.8) is 0 Å². The van der Waals surface area contributed by atoms with Crippen LogP contribution in [0.5, 0.6) is 5.75 Å². The molecule has 1 amide bonds. The van der Waals surface area contributed by atoms with Gasteiger partial charge in [-0.2, -0.15) is 0 Å². The Morgan fingerprint density at radius 3 is 2.65 bits per heavy atom. The molecule has 138 valence electrons. The van der Waals surface area contributed by atoms with Crippen LogP contribution in [0.15, 0.2) is 42.5 Å². The number of ether oxygens (including phenoxy) is 2. The number of anilines is 2. The van der Waals surface area contributed by atoms with E-state index in [0.29, 0.717) is 10.8 Å². The van der Waals surface area contributed by atoms with Crippen LogP contribution in [0.4, 0.5) is 11.4 Å². The number of morpholine rings is 1. The maximum absolute atomic E-state index is 12.5. The lowest BCUT2D eigenvalue weighted by Gasteiger charge is -2.29. The first kappa shape index (κ1) is 18.5. The number of nitrogens with one attached hydrogen (secondary N) is 1. The first-order chi connectivity index (χ1) is 12.5. The molecule has 1 aliphatic rings. The van der Waals surface area contributed by atoms with E-state index in [0.717, 1.165) is 43.2 Å². The number of carbonyl (C=O) groups excluding carboxylic acids is 1. The van der Waals surface area contributed by atoms with Crippen molar-refractivity contribution in [3.05, 3.63) is 53.1 Å². The molecule has 2 aromatic rings. The van der Waals surface area contributed by atoms with Gasteiger partial charge in [0.05, 0.1) is 18.2 Å². The van der Waals surface area contributed by atoms with Crippen LogP contribution in [0.25, 0.3) is 0 Å². The molecule has 1 aliphatic heterocycles. The van der Waals surface area contributed by atoms with E-state index in [9.17, 15) is 4.79 Å².